The van der Waals surface area contributed by atoms with E-state index >= 15 is 0 Å². The average molecular weight is 444 g/mol. The van der Waals surface area contributed by atoms with Gasteiger partial charge in [-0.2, -0.15) is 0 Å². The van der Waals surface area contributed by atoms with E-state index in [0.29, 0.717) is 28.2 Å². The molecule has 1 unspecified atom stereocenters. The maximum Gasteiger partial charge on any atom is 0.290 e. The number of phenols is 1. The summed E-state index contributed by atoms with van der Waals surface area (Å²) in [6.45, 7) is 4.50. The minimum Gasteiger partial charge on any atom is -0.504 e. The fraction of sp³-hybridized carbons (Fsp3) is 0.304. The second kappa shape index (κ2) is 8.24. The Bertz CT molecular complexity index is 1230. The normalized spacial score (nSPS) is 15.5. The number of nitrogens with zero attached hydrogens (tertiary/aromatic N) is 1. The second-order valence-electron chi connectivity index (χ2n) is 7.33. The third-order valence-electron chi connectivity index (χ3n) is 5.38. The van der Waals surface area contributed by atoms with Crippen molar-refractivity contribution >= 4 is 28.5 Å². The van der Waals surface area contributed by atoms with Gasteiger partial charge in [-0.25, -0.2) is 0 Å². The first-order chi connectivity index (χ1) is 14.9. The molecule has 1 N–H and O–H groups in total. The summed E-state index contributed by atoms with van der Waals surface area (Å²) >= 11 is 6.24. The quantitative estimate of drug-likeness (QED) is 0.618. The summed E-state index contributed by atoms with van der Waals surface area (Å²) in [7, 11) is 1.54. The van der Waals surface area contributed by atoms with Gasteiger partial charge in [-0.05, 0) is 49.2 Å². The molecule has 162 valence electrons. The molecule has 1 aromatic heterocycles. The van der Waals surface area contributed by atoms with Gasteiger partial charge in [-0.15, -0.1) is 0 Å². The highest BCUT2D eigenvalue weighted by Crippen LogP contribution is 2.41. The van der Waals surface area contributed by atoms with E-state index in [9.17, 15) is 14.7 Å². The lowest BCUT2D eigenvalue weighted by Gasteiger charge is -2.25. The molecule has 0 radical (unpaired) electrons. The van der Waals surface area contributed by atoms with Gasteiger partial charge in [0.15, 0.2) is 16.9 Å². The fourth-order valence-electron chi connectivity index (χ4n) is 3.88. The third kappa shape index (κ3) is 3.54. The number of benzene rings is 2. The number of hydrogen-bond acceptors (Lipinski definition) is 6. The van der Waals surface area contributed by atoms with E-state index in [1.807, 2.05) is 0 Å². The van der Waals surface area contributed by atoms with Crippen LogP contribution in [0.4, 0.5) is 0 Å². The molecule has 0 bridgehead atoms. The zero-order chi connectivity index (χ0) is 22.3. The maximum atomic E-state index is 13.5. The van der Waals surface area contributed by atoms with Crippen LogP contribution in [-0.2, 0) is 4.74 Å². The van der Waals surface area contributed by atoms with Crippen LogP contribution < -0.4 is 10.2 Å². The van der Waals surface area contributed by atoms with Gasteiger partial charge >= 0.3 is 0 Å². The highest BCUT2D eigenvalue weighted by molar-refractivity contribution is 6.32. The molecule has 1 amide bonds. The van der Waals surface area contributed by atoms with Crippen LogP contribution in [0, 0.1) is 6.92 Å². The zero-order valence-corrected chi connectivity index (χ0v) is 18.2. The Balaban J connectivity index is 1.97. The number of fused-ring (bicyclic) bond motifs is 2. The fourth-order valence-corrected chi connectivity index (χ4v) is 4.04. The van der Waals surface area contributed by atoms with Gasteiger partial charge in [0, 0.05) is 18.7 Å². The molecule has 2 heterocycles. The number of phenolic OH excluding ortho intramolecular Hbond substituents is 1. The standard InChI is InChI=1S/C23H22ClNO6/c1-4-30-18-10-13(5-6-16(18)26)20-19-21(27)14-11-15(24)12(2)9-17(14)31-22(19)23(28)25(20)7-8-29-3/h5-6,9-11,20,26H,4,7-8H2,1-3H3. The van der Waals surface area contributed by atoms with Gasteiger partial charge in [0.2, 0.25) is 5.76 Å². The number of amides is 1. The third-order valence-corrected chi connectivity index (χ3v) is 5.79. The first-order valence-electron chi connectivity index (χ1n) is 9.89. The Kier molecular flexibility index (Phi) is 5.64. The molecule has 0 saturated heterocycles. The van der Waals surface area contributed by atoms with Crippen molar-refractivity contribution in [3.63, 3.8) is 0 Å². The van der Waals surface area contributed by atoms with E-state index in [1.54, 1.807) is 45.2 Å². The van der Waals surface area contributed by atoms with Crippen LogP contribution in [0.25, 0.3) is 11.0 Å². The Morgan fingerprint density at radius 3 is 2.71 bits per heavy atom. The molecule has 0 saturated carbocycles. The number of halogens is 1. The van der Waals surface area contributed by atoms with Crippen molar-refractivity contribution < 1.29 is 23.8 Å². The van der Waals surface area contributed by atoms with Crippen LogP contribution in [0.1, 0.15) is 40.2 Å². The number of methoxy groups -OCH3 is 1. The first kappa shape index (κ1) is 21.2. The summed E-state index contributed by atoms with van der Waals surface area (Å²) in [5.41, 5.74) is 1.60. The number of aryl methyl sites for hydroxylation is 1. The molecule has 0 spiro atoms. The predicted octanol–water partition coefficient (Wildman–Crippen LogP) is 4.05. The zero-order valence-electron chi connectivity index (χ0n) is 17.4. The molecule has 7 nitrogen and oxygen atoms in total. The van der Waals surface area contributed by atoms with Crippen LogP contribution in [0.3, 0.4) is 0 Å². The molecular weight excluding hydrogens is 422 g/mol. The highest BCUT2D eigenvalue weighted by atomic mass is 35.5. The van der Waals surface area contributed by atoms with Gasteiger partial charge in [0.1, 0.15) is 5.58 Å². The summed E-state index contributed by atoms with van der Waals surface area (Å²) in [6.07, 6.45) is 0. The molecule has 3 aromatic rings. The lowest BCUT2D eigenvalue weighted by atomic mass is 9.98. The lowest BCUT2D eigenvalue weighted by molar-refractivity contribution is 0.0663. The average Bonchev–Trinajstić information content (AvgIpc) is 3.02. The molecule has 8 heteroatoms. The van der Waals surface area contributed by atoms with E-state index in [2.05, 4.69) is 0 Å². The van der Waals surface area contributed by atoms with Crippen molar-refractivity contribution in [2.45, 2.75) is 19.9 Å². The molecule has 1 atom stereocenters. The van der Waals surface area contributed by atoms with E-state index < -0.39 is 11.9 Å². The van der Waals surface area contributed by atoms with Crippen LogP contribution in [0.2, 0.25) is 5.02 Å². The van der Waals surface area contributed by atoms with Crippen LogP contribution >= 0.6 is 11.6 Å². The van der Waals surface area contributed by atoms with Gasteiger partial charge in [-0.3, -0.25) is 9.59 Å². The molecule has 31 heavy (non-hydrogen) atoms. The number of hydrogen-bond donors (Lipinski definition) is 1. The number of carbonyl (C=O) groups excluding carboxylic acids is 1. The number of aromatic hydroxyl groups is 1. The Morgan fingerprint density at radius 1 is 1.23 bits per heavy atom. The SMILES string of the molecule is CCOc1cc(C2c3c(oc4cc(C)c(Cl)cc4c3=O)C(=O)N2CCOC)ccc1O. The van der Waals surface area contributed by atoms with Crippen molar-refractivity contribution in [2.24, 2.45) is 0 Å². The summed E-state index contributed by atoms with van der Waals surface area (Å²) in [4.78, 5) is 28.3. The van der Waals surface area contributed by atoms with Gasteiger partial charge in [0.25, 0.3) is 5.91 Å². The van der Waals surface area contributed by atoms with E-state index in [0.717, 1.165) is 5.56 Å². The van der Waals surface area contributed by atoms with Gasteiger partial charge < -0.3 is 23.9 Å². The first-order valence-corrected chi connectivity index (χ1v) is 10.3. The number of ether oxygens (including phenoxy) is 2. The Hall–Kier alpha value is -3.03. The topological polar surface area (TPSA) is 89.2 Å². The monoisotopic (exact) mass is 443 g/mol. The largest absolute Gasteiger partial charge is 0.504 e. The van der Waals surface area contributed by atoms with Crippen LogP contribution in [0.15, 0.2) is 39.5 Å². The molecule has 4 rings (SSSR count). The minimum atomic E-state index is -0.710. The van der Waals surface area contributed by atoms with Crippen molar-refractivity contribution in [2.75, 3.05) is 26.9 Å². The van der Waals surface area contributed by atoms with Gasteiger partial charge in [-0.1, -0.05) is 17.7 Å². The summed E-state index contributed by atoms with van der Waals surface area (Å²) < 4.78 is 16.6. The number of rotatable bonds is 6. The lowest BCUT2D eigenvalue weighted by Crippen LogP contribution is -2.32. The van der Waals surface area contributed by atoms with E-state index in [1.165, 1.54) is 11.0 Å². The van der Waals surface area contributed by atoms with E-state index in [4.69, 9.17) is 25.5 Å². The summed E-state index contributed by atoms with van der Waals surface area (Å²) in [5, 5.41) is 10.8. The van der Waals surface area contributed by atoms with Crippen LogP contribution in [-0.4, -0.2) is 42.8 Å². The molecule has 2 aromatic carbocycles. The smallest absolute Gasteiger partial charge is 0.290 e. The second-order valence-corrected chi connectivity index (χ2v) is 7.73. The van der Waals surface area contributed by atoms with E-state index in [-0.39, 0.29) is 41.4 Å². The Morgan fingerprint density at radius 2 is 2.00 bits per heavy atom. The predicted molar refractivity (Wildman–Crippen MR) is 116 cm³/mol. The van der Waals surface area contributed by atoms with Gasteiger partial charge in [0.05, 0.1) is 30.2 Å². The summed E-state index contributed by atoms with van der Waals surface area (Å²) in [6, 6.07) is 7.31. The van der Waals surface area contributed by atoms with Crippen molar-refractivity contribution in [1.82, 2.24) is 4.90 Å². The molecule has 1 aliphatic heterocycles. The molecule has 0 fully saturated rings. The van der Waals surface area contributed by atoms with Crippen molar-refractivity contribution in [3.05, 3.63) is 68.0 Å². The maximum absolute atomic E-state index is 13.5. The number of carbonyl (C=O) groups is 1. The molecular formula is C23H22ClNO6. The minimum absolute atomic E-state index is 0.00589. The molecule has 1 aliphatic rings. The molecule has 0 aliphatic carbocycles. The Labute approximate surface area is 183 Å². The summed E-state index contributed by atoms with van der Waals surface area (Å²) in [5.74, 6) is -0.135. The van der Waals surface area contributed by atoms with Crippen molar-refractivity contribution in [1.29, 1.82) is 0 Å². The highest BCUT2D eigenvalue weighted by Gasteiger charge is 2.42. The van der Waals surface area contributed by atoms with Crippen LogP contribution in [0.5, 0.6) is 11.5 Å². The van der Waals surface area contributed by atoms with Crippen molar-refractivity contribution in [3.8, 4) is 11.5 Å².